The lowest BCUT2D eigenvalue weighted by Crippen LogP contribution is -2.45. The molecule has 2 amide bonds. The predicted octanol–water partition coefficient (Wildman–Crippen LogP) is 1.22. The highest BCUT2D eigenvalue weighted by Gasteiger charge is 2.16. The molecule has 1 aromatic rings. The molecule has 0 fully saturated rings. The van der Waals surface area contributed by atoms with Crippen molar-refractivity contribution in [2.45, 2.75) is 25.9 Å². The molecular formula is C13H15N3O3. The lowest BCUT2D eigenvalue weighted by molar-refractivity contribution is -0.139. The highest BCUT2D eigenvalue weighted by Crippen LogP contribution is 2.02. The molecule has 0 aliphatic rings. The molecule has 0 radical (unpaired) electrons. The summed E-state index contributed by atoms with van der Waals surface area (Å²) >= 11 is 0. The van der Waals surface area contributed by atoms with E-state index >= 15 is 0 Å². The van der Waals surface area contributed by atoms with Gasteiger partial charge in [-0.3, -0.25) is 0 Å². The van der Waals surface area contributed by atoms with Gasteiger partial charge in [-0.25, -0.2) is 9.59 Å². The van der Waals surface area contributed by atoms with Crippen LogP contribution in [0, 0.1) is 11.3 Å². The first-order chi connectivity index (χ1) is 9.06. The molecule has 1 atom stereocenters. The summed E-state index contributed by atoms with van der Waals surface area (Å²) in [6.07, 6.45) is 0.319. The van der Waals surface area contributed by atoms with Crippen molar-refractivity contribution in [1.29, 1.82) is 5.26 Å². The average molecular weight is 261 g/mol. The van der Waals surface area contributed by atoms with Crippen LogP contribution in [0.4, 0.5) is 4.79 Å². The lowest BCUT2D eigenvalue weighted by atomic mass is 10.1. The molecule has 0 saturated heterocycles. The number of aliphatic carboxylic acids is 1. The first-order valence-electron chi connectivity index (χ1n) is 5.83. The number of hydrogen-bond acceptors (Lipinski definition) is 3. The predicted molar refractivity (Wildman–Crippen MR) is 68.2 cm³/mol. The number of benzene rings is 1. The van der Waals surface area contributed by atoms with E-state index in [9.17, 15) is 9.59 Å². The van der Waals surface area contributed by atoms with E-state index in [4.69, 9.17) is 10.4 Å². The standard InChI is InChI=1S/C13H15N3O3/c1-2-11(12(17)18)16-13(19)15-8-10-5-3-9(7-14)4-6-10/h3-6,11H,2,8H2,1H3,(H,17,18)(H2,15,16,19). The Balaban J connectivity index is 2.45. The molecule has 0 bridgehead atoms. The largest absolute Gasteiger partial charge is 0.480 e. The van der Waals surface area contributed by atoms with E-state index in [0.717, 1.165) is 5.56 Å². The number of carboxylic acid groups (broad SMARTS) is 1. The molecule has 0 aliphatic carbocycles. The van der Waals surface area contributed by atoms with Gasteiger partial charge >= 0.3 is 12.0 Å². The van der Waals surface area contributed by atoms with E-state index in [-0.39, 0.29) is 6.54 Å². The number of carbonyl (C=O) groups excluding carboxylic acids is 1. The van der Waals surface area contributed by atoms with Gasteiger partial charge in [-0.05, 0) is 24.1 Å². The van der Waals surface area contributed by atoms with E-state index in [1.165, 1.54) is 0 Å². The number of rotatable bonds is 5. The van der Waals surface area contributed by atoms with E-state index in [1.807, 2.05) is 6.07 Å². The molecule has 100 valence electrons. The number of amides is 2. The third-order valence-corrected chi connectivity index (χ3v) is 2.55. The van der Waals surface area contributed by atoms with Crippen LogP contribution in [0.5, 0.6) is 0 Å². The summed E-state index contributed by atoms with van der Waals surface area (Å²) < 4.78 is 0. The van der Waals surface area contributed by atoms with Gasteiger partial charge in [-0.1, -0.05) is 19.1 Å². The topological polar surface area (TPSA) is 102 Å². The summed E-state index contributed by atoms with van der Waals surface area (Å²) in [5.74, 6) is -1.06. The molecule has 6 nitrogen and oxygen atoms in total. The lowest BCUT2D eigenvalue weighted by Gasteiger charge is -2.13. The maximum atomic E-state index is 11.5. The Morgan fingerprint density at radius 3 is 2.47 bits per heavy atom. The van der Waals surface area contributed by atoms with Crippen LogP contribution in [-0.2, 0) is 11.3 Å². The van der Waals surface area contributed by atoms with E-state index in [0.29, 0.717) is 12.0 Å². The molecule has 6 heteroatoms. The van der Waals surface area contributed by atoms with Crippen molar-refractivity contribution in [3.8, 4) is 6.07 Å². The van der Waals surface area contributed by atoms with Crippen LogP contribution in [0.25, 0.3) is 0 Å². The zero-order valence-electron chi connectivity index (χ0n) is 10.5. The highest BCUT2D eigenvalue weighted by molar-refractivity contribution is 5.82. The van der Waals surface area contributed by atoms with Crippen molar-refractivity contribution in [3.63, 3.8) is 0 Å². The summed E-state index contributed by atoms with van der Waals surface area (Å²) in [7, 11) is 0. The first-order valence-corrected chi connectivity index (χ1v) is 5.83. The van der Waals surface area contributed by atoms with Gasteiger partial charge in [0.15, 0.2) is 0 Å². The van der Waals surface area contributed by atoms with Crippen LogP contribution < -0.4 is 10.6 Å². The van der Waals surface area contributed by atoms with Crippen molar-refractivity contribution >= 4 is 12.0 Å². The number of carbonyl (C=O) groups is 2. The minimum atomic E-state index is -1.06. The minimum Gasteiger partial charge on any atom is -0.480 e. The normalized spacial score (nSPS) is 11.2. The van der Waals surface area contributed by atoms with Crippen molar-refractivity contribution in [3.05, 3.63) is 35.4 Å². The Labute approximate surface area is 111 Å². The van der Waals surface area contributed by atoms with Crippen molar-refractivity contribution < 1.29 is 14.7 Å². The third kappa shape index (κ3) is 4.68. The monoisotopic (exact) mass is 261 g/mol. The van der Waals surface area contributed by atoms with Gasteiger partial charge in [0, 0.05) is 6.54 Å². The van der Waals surface area contributed by atoms with Crippen molar-refractivity contribution in [2.75, 3.05) is 0 Å². The Morgan fingerprint density at radius 2 is 2.00 bits per heavy atom. The molecule has 1 aromatic carbocycles. The molecule has 0 spiro atoms. The second kappa shape index (κ2) is 7.01. The van der Waals surface area contributed by atoms with Crippen molar-refractivity contribution in [1.82, 2.24) is 10.6 Å². The summed E-state index contributed by atoms with van der Waals surface area (Å²) in [6, 6.07) is 7.35. The van der Waals surface area contributed by atoms with Gasteiger partial charge in [0.25, 0.3) is 0 Å². The summed E-state index contributed by atoms with van der Waals surface area (Å²) in [5.41, 5.74) is 1.38. The maximum Gasteiger partial charge on any atom is 0.326 e. The number of nitrogens with zero attached hydrogens (tertiary/aromatic N) is 1. The fourth-order valence-electron chi connectivity index (χ4n) is 1.43. The Kier molecular flexibility index (Phi) is 5.35. The molecule has 0 heterocycles. The molecule has 1 rings (SSSR count). The third-order valence-electron chi connectivity index (χ3n) is 2.55. The van der Waals surface area contributed by atoms with Crippen LogP contribution >= 0.6 is 0 Å². The quantitative estimate of drug-likeness (QED) is 0.741. The SMILES string of the molecule is CCC(NC(=O)NCc1ccc(C#N)cc1)C(=O)O. The van der Waals surface area contributed by atoms with Crippen LogP contribution in [0.2, 0.25) is 0 Å². The molecular weight excluding hydrogens is 246 g/mol. The number of hydrogen-bond donors (Lipinski definition) is 3. The number of nitriles is 1. The van der Waals surface area contributed by atoms with Crippen LogP contribution in [0.1, 0.15) is 24.5 Å². The number of carboxylic acids is 1. The first kappa shape index (κ1) is 14.5. The molecule has 19 heavy (non-hydrogen) atoms. The summed E-state index contributed by atoms with van der Waals surface area (Å²) in [5, 5.41) is 22.3. The van der Waals surface area contributed by atoms with Crippen molar-refractivity contribution in [2.24, 2.45) is 0 Å². The van der Waals surface area contributed by atoms with Gasteiger partial charge in [0.2, 0.25) is 0 Å². The Morgan fingerprint density at radius 1 is 1.37 bits per heavy atom. The summed E-state index contributed by atoms with van der Waals surface area (Å²) in [4.78, 5) is 22.2. The van der Waals surface area contributed by atoms with Crippen LogP contribution in [-0.4, -0.2) is 23.1 Å². The molecule has 1 unspecified atom stereocenters. The number of nitrogens with one attached hydrogen (secondary N) is 2. The molecule has 0 aromatic heterocycles. The zero-order valence-corrected chi connectivity index (χ0v) is 10.5. The fraction of sp³-hybridized carbons (Fsp3) is 0.308. The van der Waals surface area contributed by atoms with Gasteiger partial charge in [0.1, 0.15) is 6.04 Å². The second-order valence-electron chi connectivity index (χ2n) is 3.93. The maximum absolute atomic E-state index is 11.5. The van der Waals surface area contributed by atoms with Gasteiger partial charge in [0.05, 0.1) is 11.6 Å². The van der Waals surface area contributed by atoms with Crippen LogP contribution in [0.3, 0.4) is 0 Å². The molecule has 0 saturated carbocycles. The van der Waals surface area contributed by atoms with E-state index < -0.39 is 18.0 Å². The number of urea groups is 1. The Hall–Kier alpha value is -2.55. The highest BCUT2D eigenvalue weighted by atomic mass is 16.4. The fourth-order valence-corrected chi connectivity index (χ4v) is 1.43. The van der Waals surface area contributed by atoms with E-state index in [2.05, 4.69) is 10.6 Å². The van der Waals surface area contributed by atoms with Crippen LogP contribution in [0.15, 0.2) is 24.3 Å². The second-order valence-corrected chi connectivity index (χ2v) is 3.93. The Bertz CT molecular complexity index is 491. The van der Waals surface area contributed by atoms with Gasteiger partial charge in [-0.2, -0.15) is 5.26 Å². The smallest absolute Gasteiger partial charge is 0.326 e. The zero-order chi connectivity index (χ0) is 14.3. The van der Waals surface area contributed by atoms with Gasteiger partial charge in [-0.15, -0.1) is 0 Å². The molecule has 0 aliphatic heterocycles. The molecule has 3 N–H and O–H groups in total. The average Bonchev–Trinajstić information content (AvgIpc) is 2.42. The minimum absolute atomic E-state index is 0.271. The van der Waals surface area contributed by atoms with E-state index in [1.54, 1.807) is 31.2 Å². The van der Waals surface area contributed by atoms with Gasteiger partial charge < -0.3 is 15.7 Å². The summed E-state index contributed by atoms with van der Waals surface area (Å²) in [6.45, 7) is 1.95.